The lowest BCUT2D eigenvalue weighted by Gasteiger charge is -2.29. The van der Waals surface area contributed by atoms with Gasteiger partial charge in [0.05, 0.1) is 24.0 Å². The first-order valence-electron chi connectivity index (χ1n) is 8.91. The van der Waals surface area contributed by atoms with E-state index in [1.807, 2.05) is 0 Å². The Labute approximate surface area is 144 Å². The molecule has 0 aromatic heterocycles. The van der Waals surface area contributed by atoms with E-state index in [0.29, 0.717) is 12.8 Å². The highest BCUT2D eigenvalue weighted by Crippen LogP contribution is 2.45. The summed E-state index contributed by atoms with van der Waals surface area (Å²) < 4.78 is 53.7. The smallest absolute Gasteiger partial charge is 0.313 e. The summed E-state index contributed by atoms with van der Waals surface area (Å²) in [6.45, 7) is -1.47. The van der Waals surface area contributed by atoms with Crippen molar-refractivity contribution in [3.63, 3.8) is 0 Å². The molecule has 5 nitrogen and oxygen atoms in total. The Hall–Kier alpha value is -1.31. The van der Waals surface area contributed by atoms with Crippen LogP contribution in [0.5, 0.6) is 0 Å². The molecule has 25 heavy (non-hydrogen) atoms. The Morgan fingerprint density at radius 2 is 1.56 bits per heavy atom. The van der Waals surface area contributed by atoms with Crippen molar-refractivity contribution in [3.05, 3.63) is 0 Å². The fourth-order valence-electron chi connectivity index (χ4n) is 4.08. The molecule has 2 bridgehead atoms. The summed E-state index contributed by atoms with van der Waals surface area (Å²) in [5, 5.41) is 0. The molecule has 5 atom stereocenters. The summed E-state index contributed by atoms with van der Waals surface area (Å²) in [6.07, 6.45) is -0.583. The van der Waals surface area contributed by atoms with Crippen LogP contribution in [0.15, 0.2) is 0 Å². The van der Waals surface area contributed by atoms with Crippen LogP contribution in [0, 0.1) is 11.8 Å². The van der Waals surface area contributed by atoms with Gasteiger partial charge in [-0.05, 0) is 38.5 Å². The minimum atomic E-state index is -3.11. The second kappa shape index (κ2) is 7.93. The monoisotopic (exact) mass is 364 g/mol. The van der Waals surface area contributed by atoms with E-state index in [4.69, 9.17) is 9.47 Å². The van der Waals surface area contributed by atoms with Crippen molar-refractivity contribution in [1.29, 1.82) is 0 Å². The number of alkyl halides is 3. The molecule has 1 saturated carbocycles. The summed E-state index contributed by atoms with van der Waals surface area (Å²) in [4.78, 5) is 24.9. The van der Waals surface area contributed by atoms with Gasteiger partial charge in [0.1, 0.15) is 12.8 Å². The molecule has 5 unspecified atom stereocenters. The molecule has 3 fully saturated rings. The summed E-state index contributed by atoms with van der Waals surface area (Å²) in [5.74, 6) is -3.38. The normalized spacial score (nSPS) is 33.4. The van der Waals surface area contributed by atoms with Gasteiger partial charge in [0.25, 0.3) is 6.43 Å². The lowest BCUT2D eigenvalue weighted by Crippen LogP contribution is -2.43. The zero-order chi connectivity index (χ0) is 18.0. The lowest BCUT2D eigenvalue weighted by atomic mass is 9.79. The van der Waals surface area contributed by atoms with E-state index in [2.05, 4.69) is 4.74 Å². The van der Waals surface area contributed by atoms with Gasteiger partial charge in [-0.15, -0.1) is 0 Å². The van der Waals surface area contributed by atoms with Crippen LogP contribution in [0.1, 0.15) is 44.9 Å². The summed E-state index contributed by atoms with van der Waals surface area (Å²) in [7, 11) is 0. The predicted molar refractivity (Wildman–Crippen MR) is 79.7 cm³/mol. The molecule has 0 spiro atoms. The van der Waals surface area contributed by atoms with E-state index in [-0.39, 0.29) is 6.10 Å². The molecule has 0 N–H and O–H groups in total. The van der Waals surface area contributed by atoms with Crippen LogP contribution >= 0.6 is 0 Å². The first-order valence-corrected chi connectivity index (χ1v) is 8.91. The van der Waals surface area contributed by atoms with Crippen molar-refractivity contribution in [3.8, 4) is 0 Å². The molecule has 3 aliphatic rings. The van der Waals surface area contributed by atoms with Crippen LogP contribution in [-0.2, 0) is 23.8 Å². The Bertz CT molecular complexity index is 495. The van der Waals surface area contributed by atoms with Gasteiger partial charge in [0.2, 0.25) is 0 Å². The average Bonchev–Trinajstić information content (AvgIpc) is 3.21. The maximum absolute atomic E-state index is 12.7. The van der Waals surface area contributed by atoms with Crippen LogP contribution < -0.4 is 0 Å². The number of hydrogen-bond donors (Lipinski definition) is 0. The number of halogens is 3. The number of fused-ring (bicyclic) bond motifs is 2. The molecule has 8 heteroatoms. The third-order valence-electron chi connectivity index (χ3n) is 5.35. The average molecular weight is 364 g/mol. The van der Waals surface area contributed by atoms with Gasteiger partial charge in [-0.2, -0.15) is 0 Å². The van der Waals surface area contributed by atoms with Gasteiger partial charge < -0.3 is 14.2 Å². The highest BCUT2D eigenvalue weighted by atomic mass is 19.3. The Morgan fingerprint density at radius 1 is 0.960 bits per heavy atom. The highest BCUT2D eigenvalue weighted by molar-refractivity contribution is 5.84. The van der Waals surface area contributed by atoms with Crippen molar-refractivity contribution in [2.75, 3.05) is 6.67 Å². The minimum Gasteiger partial charge on any atom is -0.462 e. The fraction of sp³-hybridized carbons (Fsp3) is 0.882. The van der Waals surface area contributed by atoms with Gasteiger partial charge in [-0.1, -0.05) is 6.42 Å². The molecule has 1 aliphatic carbocycles. The minimum absolute atomic E-state index is 0.170. The lowest BCUT2D eigenvalue weighted by molar-refractivity contribution is -0.173. The largest absolute Gasteiger partial charge is 0.462 e. The van der Waals surface area contributed by atoms with E-state index in [0.717, 1.165) is 32.1 Å². The second-order valence-electron chi connectivity index (χ2n) is 7.00. The van der Waals surface area contributed by atoms with Crippen LogP contribution in [-0.4, -0.2) is 49.5 Å². The van der Waals surface area contributed by atoms with Crippen molar-refractivity contribution in [2.45, 2.75) is 75.8 Å². The van der Waals surface area contributed by atoms with E-state index in [1.165, 1.54) is 0 Å². The molecule has 2 heterocycles. The molecule has 0 aromatic carbocycles. The maximum atomic E-state index is 12.7. The molecule has 142 valence electrons. The predicted octanol–water partition coefficient (Wildman–Crippen LogP) is 2.80. The van der Waals surface area contributed by atoms with Crippen LogP contribution in [0.3, 0.4) is 0 Å². The van der Waals surface area contributed by atoms with E-state index < -0.39 is 55.2 Å². The molecular weight excluding hydrogens is 341 g/mol. The van der Waals surface area contributed by atoms with Crippen molar-refractivity contribution in [2.24, 2.45) is 11.8 Å². The van der Waals surface area contributed by atoms with Crippen molar-refractivity contribution < 1.29 is 37.0 Å². The van der Waals surface area contributed by atoms with Crippen LogP contribution in [0.4, 0.5) is 13.2 Å². The first kappa shape index (κ1) is 18.5. The second-order valence-corrected chi connectivity index (χ2v) is 7.00. The summed E-state index contributed by atoms with van der Waals surface area (Å²) in [6, 6.07) is 0. The van der Waals surface area contributed by atoms with E-state index >= 15 is 0 Å². The molecular formula is C17H23F3O5. The van der Waals surface area contributed by atoms with Gasteiger partial charge >= 0.3 is 11.9 Å². The van der Waals surface area contributed by atoms with Gasteiger partial charge in [0, 0.05) is 0 Å². The zero-order valence-corrected chi connectivity index (χ0v) is 13.9. The van der Waals surface area contributed by atoms with E-state index in [9.17, 15) is 22.8 Å². The van der Waals surface area contributed by atoms with Crippen LogP contribution in [0.2, 0.25) is 0 Å². The molecule has 0 aromatic rings. The first-order chi connectivity index (χ1) is 12.0. The summed E-state index contributed by atoms with van der Waals surface area (Å²) >= 11 is 0. The highest BCUT2D eigenvalue weighted by Gasteiger charge is 2.57. The Morgan fingerprint density at radius 3 is 2.12 bits per heavy atom. The number of carbonyl (C=O) groups excluding carboxylic acids is 2. The van der Waals surface area contributed by atoms with Gasteiger partial charge in [0.15, 0.2) is 6.10 Å². The number of esters is 2. The quantitative estimate of drug-likeness (QED) is 0.678. The Balaban J connectivity index is 1.66. The number of carbonyl (C=O) groups is 2. The molecule has 2 aliphatic heterocycles. The topological polar surface area (TPSA) is 61.8 Å². The standard InChI is InChI=1S/C17H23F3O5/c18-8-12(15(19)20)25-17(22)14-11-7-6-10(24-11)13(14)16(21)23-9-4-2-1-3-5-9/h9-15H,1-8H2. The molecule has 3 rings (SSSR count). The maximum Gasteiger partial charge on any atom is 0.313 e. The van der Waals surface area contributed by atoms with Crippen molar-refractivity contribution in [1.82, 2.24) is 0 Å². The summed E-state index contributed by atoms with van der Waals surface area (Å²) in [5.41, 5.74) is 0. The van der Waals surface area contributed by atoms with Crippen molar-refractivity contribution >= 4 is 11.9 Å². The number of hydrogen-bond acceptors (Lipinski definition) is 5. The fourth-order valence-corrected chi connectivity index (χ4v) is 4.08. The molecule has 0 radical (unpaired) electrons. The van der Waals surface area contributed by atoms with Gasteiger partial charge in [-0.25, -0.2) is 13.2 Å². The van der Waals surface area contributed by atoms with Gasteiger partial charge in [-0.3, -0.25) is 9.59 Å². The SMILES string of the molecule is O=C(OC1CCCCC1)C1C2CCC(O2)C1C(=O)OC(CF)C(F)F. The number of rotatable bonds is 6. The van der Waals surface area contributed by atoms with E-state index in [1.54, 1.807) is 0 Å². The molecule has 0 amide bonds. The third kappa shape index (κ3) is 3.93. The third-order valence-corrected chi connectivity index (χ3v) is 5.35. The zero-order valence-electron chi connectivity index (χ0n) is 13.9. The van der Waals surface area contributed by atoms with Crippen LogP contribution in [0.25, 0.3) is 0 Å². The Kier molecular flexibility index (Phi) is 5.86. The molecule has 2 saturated heterocycles. The number of ether oxygens (including phenoxy) is 3.